The molecule has 0 N–H and O–H groups in total. The number of pyridine rings is 1. The third kappa shape index (κ3) is 2.27. The predicted octanol–water partition coefficient (Wildman–Crippen LogP) is 3.41. The molecule has 0 atom stereocenters. The summed E-state index contributed by atoms with van der Waals surface area (Å²) in [7, 11) is 0. The minimum absolute atomic E-state index is 0.189. The van der Waals surface area contributed by atoms with Crippen LogP contribution in [0.5, 0.6) is 5.75 Å². The quantitative estimate of drug-likeness (QED) is 0.705. The van der Waals surface area contributed by atoms with Gasteiger partial charge in [-0.3, -0.25) is 4.98 Å². The molecule has 0 radical (unpaired) electrons. The van der Waals surface area contributed by atoms with Crippen LogP contribution in [0.15, 0.2) is 36.7 Å². The molecule has 0 aliphatic heterocycles. The number of hydrogen-bond donors (Lipinski definition) is 0. The van der Waals surface area contributed by atoms with Crippen LogP contribution in [0.25, 0.3) is 10.8 Å². The molecule has 0 saturated heterocycles. The second-order valence-corrected chi connectivity index (χ2v) is 4.57. The fourth-order valence-corrected chi connectivity index (χ4v) is 1.50. The van der Waals surface area contributed by atoms with Gasteiger partial charge in [0.25, 0.3) is 0 Å². The normalized spacial score (nSPS) is 11.7. The smallest absolute Gasteiger partial charge is 0.146 e. The van der Waals surface area contributed by atoms with Crippen LogP contribution in [0.4, 0.5) is 0 Å². The maximum atomic E-state index is 5.85. The Bertz CT molecular complexity index is 466. The van der Waals surface area contributed by atoms with Gasteiger partial charge in [0.05, 0.1) is 6.20 Å². The van der Waals surface area contributed by atoms with Crippen LogP contribution in [0, 0.1) is 0 Å². The monoisotopic (exact) mass is 201 g/mol. The third-order valence-electron chi connectivity index (χ3n) is 2.05. The molecule has 0 unspecified atom stereocenters. The molecule has 0 fully saturated rings. The van der Waals surface area contributed by atoms with Crippen molar-refractivity contribution in [3.63, 3.8) is 0 Å². The highest BCUT2D eigenvalue weighted by atomic mass is 16.5. The van der Waals surface area contributed by atoms with Gasteiger partial charge < -0.3 is 4.74 Å². The average molecular weight is 201 g/mol. The maximum Gasteiger partial charge on any atom is 0.146 e. The molecular weight excluding hydrogens is 186 g/mol. The van der Waals surface area contributed by atoms with Gasteiger partial charge >= 0.3 is 0 Å². The summed E-state index contributed by atoms with van der Waals surface area (Å²) in [6.45, 7) is 6.11. The fourth-order valence-electron chi connectivity index (χ4n) is 1.50. The Hall–Kier alpha value is -1.57. The number of benzene rings is 1. The van der Waals surface area contributed by atoms with Crippen molar-refractivity contribution in [2.45, 2.75) is 26.4 Å². The fraction of sp³-hybridized carbons (Fsp3) is 0.308. The van der Waals surface area contributed by atoms with Crippen molar-refractivity contribution in [3.8, 4) is 5.75 Å². The molecule has 2 aromatic rings. The standard InChI is InChI=1S/C13H15NO/c1-13(2,3)15-12-9-14-8-10-6-4-5-7-11(10)12/h4-9H,1-3H3. The van der Waals surface area contributed by atoms with Gasteiger partial charge in [-0.1, -0.05) is 24.3 Å². The largest absolute Gasteiger partial charge is 0.486 e. The van der Waals surface area contributed by atoms with Gasteiger partial charge in [0.1, 0.15) is 11.4 Å². The van der Waals surface area contributed by atoms with Gasteiger partial charge in [0, 0.05) is 17.0 Å². The highest BCUT2D eigenvalue weighted by molar-refractivity contribution is 5.87. The second kappa shape index (κ2) is 3.54. The summed E-state index contributed by atoms with van der Waals surface area (Å²) in [5.41, 5.74) is -0.189. The van der Waals surface area contributed by atoms with Crippen LogP contribution in [-0.2, 0) is 0 Å². The molecule has 0 saturated carbocycles. The van der Waals surface area contributed by atoms with E-state index in [1.807, 2.05) is 45.2 Å². The Morgan fingerprint density at radius 1 is 1.07 bits per heavy atom. The van der Waals surface area contributed by atoms with Gasteiger partial charge in [-0.15, -0.1) is 0 Å². The minimum Gasteiger partial charge on any atom is -0.486 e. The zero-order valence-corrected chi connectivity index (χ0v) is 9.32. The summed E-state index contributed by atoms with van der Waals surface area (Å²) in [4.78, 5) is 4.17. The highest BCUT2D eigenvalue weighted by Gasteiger charge is 2.13. The second-order valence-electron chi connectivity index (χ2n) is 4.57. The van der Waals surface area contributed by atoms with E-state index in [1.165, 1.54) is 0 Å². The summed E-state index contributed by atoms with van der Waals surface area (Å²) in [6.07, 6.45) is 3.62. The van der Waals surface area contributed by atoms with E-state index in [0.29, 0.717) is 0 Å². The van der Waals surface area contributed by atoms with E-state index in [2.05, 4.69) is 11.1 Å². The Labute approximate surface area is 89.9 Å². The van der Waals surface area contributed by atoms with E-state index in [1.54, 1.807) is 6.20 Å². The first-order valence-corrected chi connectivity index (χ1v) is 5.08. The Kier molecular flexibility index (Phi) is 2.35. The van der Waals surface area contributed by atoms with Crippen molar-refractivity contribution in [2.24, 2.45) is 0 Å². The third-order valence-corrected chi connectivity index (χ3v) is 2.05. The van der Waals surface area contributed by atoms with Crippen molar-refractivity contribution in [2.75, 3.05) is 0 Å². The number of aromatic nitrogens is 1. The summed E-state index contributed by atoms with van der Waals surface area (Å²) in [5, 5.41) is 2.22. The van der Waals surface area contributed by atoms with Crippen molar-refractivity contribution in [3.05, 3.63) is 36.7 Å². The number of rotatable bonds is 1. The summed E-state index contributed by atoms with van der Waals surface area (Å²) in [6, 6.07) is 8.11. The van der Waals surface area contributed by atoms with Crippen LogP contribution < -0.4 is 4.74 Å². The molecule has 1 aromatic carbocycles. The Balaban J connectivity index is 2.52. The molecule has 1 aromatic heterocycles. The number of hydrogen-bond acceptors (Lipinski definition) is 2. The first-order chi connectivity index (χ1) is 7.06. The number of ether oxygens (including phenoxy) is 1. The van der Waals surface area contributed by atoms with E-state index < -0.39 is 0 Å². The van der Waals surface area contributed by atoms with Gasteiger partial charge in [-0.05, 0) is 20.8 Å². The lowest BCUT2D eigenvalue weighted by Gasteiger charge is -2.21. The Morgan fingerprint density at radius 3 is 2.53 bits per heavy atom. The van der Waals surface area contributed by atoms with E-state index in [4.69, 9.17) is 4.74 Å². The van der Waals surface area contributed by atoms with Crippen LogP contribution in [0.2, 0.25) is 0 Å². The molecule has 2 heteroatoms. The van der Waals surface area contributed by atoms with Crippen LogP contribution in [0.1, 0.15) is 20.8 Å². The zero-order chi connectivity index (χ0) is 10.9. The maximum absolute atomic E-state index is 5.85. The number of nitrogens with zero attached hydrogens (tertiary/aromatic N) is 1. The van der Waals surface area contributed by atoms with Gasteiger partial charge in [0.15, 0.2) is 0 Å². The van der Waals surface area contributed by atoms with Crippen LogP contribution in [0.3, 0.4) is 0 Å². The first-order valence-electron chi connectivity index (χ1n) is 5.08. The summed E-state index contributed by atoms with van der Waals surface area (Å²) in [5.74, 6) is 0.848. The number of fused-ring (bicyclic) bond motifs is 1. The summed E-state index contributed by atoms with van der Waals surface area (Å²) < 4.78 is 5.85. The van der Waals surface area contributed by atoms with Crippen molar-refractivity contribution >= 4 is 10.8 Å². The van der Waals surface area contributed by atoms with Gasteiger partial charge in [-0.2, -0.15) is 0 Å². The lowest BCUT2D eigenvalue weighted by molar-refractivity contribution is 0.132. The van der Waals surface area contributed by atoms with Crippen molar-refractivity contribution in [1.82, 2.24) is 4.98 Å². The molecule has 15 heavy (non-hydrogen) atoms. The van der Waals surface area contributed by atoms with Crippen LogP contribution >= 0.6 is 0 Å². The zero-order valence-electron chi connectivity index (χ0n) is 9.32. The highest BCUT2D eigenvalue weighted by Crippen LogP contribution is 2.26. The minimum atomic E-state index is -0.189. The SMILES string of the molecule is CC(C)(C)Oc1cncc2ccccc12. The van der Waals surface area contributed by atoms with Crippen molar-refractivity contribution < 1.29 is 4.74 Å². The van der Waals surface area contributed by atoms with Gasteiger partial charge in [-0.25, -0.2) is 0 Å². The topological polar surface area (TPSA) is 22.1 Å². The van der Waals surface area contributed by atoms with Gasteiger partial charge in [0.2, 0.25) is 0 Å². The molecule has 2 rings (SSSR count). The van der Waals surface area contributed by atoms with E-state index in [9.17, 15) is 0 Å². The molecule has 78 valence electrons. The summed E-state index contributed by atoms with van der Waals surface area (Å²) >= 11 is 0. The average Bonchev–Trinajstić information content (AvgIpc) is 2.16. The molecule has 0 spiro atoms. The first kappa shape index (κ1) is 9.97. The molecule has 0 bridgehead atoms. The van der Waals surface area contributed by atoms with E-state index in [0.717, 1.165) is 16.5 Å². The molecule has 0 aliphatic rings. The Morgan fingerprint density at radius 2 is 1.80 bits per heavy atom. The lowest BCUT2D eigenvalue weighted by Crippen LogP contribution is -2.23. The van der Waals surface area contributed by atoms with E-state index >= 15 is 0 Å². The molecule has 2 nitrogen and oxygen atoms in total. The molecule has 1 heterocycles. The molecule has 0 amide bonds. The molecular formula is C13H15NO. The molecule has 0 aliphatic carbocycles. The predicted molar refractivity (Wildman–Crippen MR) is 62.1 cm³/mol. The van der Waals surface area contributed by atoms with Crippen molar-refractivity contribution in [1.29, 1.82) is 0 Å². The van der Waals surface area contributed by atoms with Crippen LogP contribution in [-0.4, -0.2) is 10.6 Å². The lowest BCUT2D eigenvalue weighted by atomic mass is 10.1. The van der Waals surface area contributed by atoms with E-state index in [-0.39, 0.29) is 5.60 Å².